The summed E-state index contributed by atoms with van der Waals surface area (Å²) in [4.78, 5) is 22.0. The minimum absolute atomic E-state index is 0.00123. The van der Waals surface area contributed by atoms with E-state index in [4.69, 9.17) is 5.73 Å². The molecule has 0 heterocycles. The van der Waals surface area contributed by atoms with Crippen LogP contribution in [0.25, 0.3) is 0 Å². The van der Waals surface area contributed by atoms with Crippen molar-refractivity contribution in [3.8, 4) is 0 Å². The van der Waals surface area contributed by atoms with Crippen LogP contribution in [0, 0.1) is 5.41 Å². The first kappa shape index (κ1) is 15.7. The van der Waals surface area contributed by atoms with Crippen molar-refractivity contribution in [3.05, 3.63) is 0 Å². The standard InChI is InChI=1S/C11H23N3O3/c1-7(14-10(12)17)9(16)13-6-8(15)5-11(2,3)4/h7-8,15H,5-6H2,1-4H3,(H,13,16)(H3,12,14,17). The topological polar surface area (TPSA) is 104 Å². The number of aliphatic hydroxyl groups excluding tert-OH is 1. The van der Waals surface area contributed by atoms with E-state index in [9.17, 15) is 14.7 Å². The van der Waals surface area contributed by atoms with Crippen molar-refractivity contribution in [2.75, 3.05) is 6.54 Å². The zero-order chi connectivity index (χ0) is 13.6. The molecule has 5 N–H and O–H groups in total. The highest BCUT2D eigenvalue weighted by Crippen LogP contribution is 2.20. The molecule has 100 valence electrons. The van der Waals surface area contributed by atoms with E-state index in [-0.39, 0.29) is 17.9 Å². The highest BCUT2D eigenvalue weighted by molar-refractivity contribution is 5.86. The van der Waals surface area contributed by atoms with Crippen LogP contribution < -0.4 is 16.4 Å². The van der Waals surface area contributed by atoms with Gasteiger partial charge in [0, 0.05) is 6.54 Å². The van der Waals surface area contributed by atoms with Crippen molar-refractivity contribution in [1.82, 2.24) is 10.6 Å². The van der Waals surface area contributed by atoms with Gasteiger partial charge in [-0.05, 0) is 18.8 Å². The molecule has 2 unspecified atom stereocenters. The van der Waals surface area contributed by atoms with Gasteiger partial charge in [0.15, 0.2) is 0 Å². The number of rotatable bonds is 5. The van der Waals surface area contributed by atoms with Crippen LogP contribution in [-0.2, 0) is 4.79 Å². The molecule has 0 radical (unpaired) electrons. The van der Waals surface area contributed by atoms with Crippen LogP contribution in [0.2, 0.25) is 0 Å². The zero-order valence-electron chi connectivity index (χ0n) is 10.9. The predicted molar refractivity (Wildman–Crippen MR) is 65.3 cm³/mol. The van der Waals surface area contributed by atoms with Crippen LogP contribution in [0.15, 0.2) is 0 Å². The molecule has 3 amide bonds. The van der Waals surface area contributed by atoms with Gasteiger partial charge in [-0.15, -0.1) is 0 Å². The van der Waals surface area contributed by atoms with Crippen LogP contribution in [0.1, 0.15) is 34.1 Å². The summed E-state index contributed by atoms with van der Waals surface area (Å²) < 4.78 is 0. The summed E-state index contributed by atoms with van der Waals surface area (Å²) >= 11 is 0. The Labute approximate surface area is 102 Å². The maximum Gasteiger partial charge on any atom is 0.312 e. The Morgan fingerprint density at radius 3 is 2.29 bits per heavy atom. The van der Waals surface area contributed by atoms with Gasteiger partial charge < -0.3 is 21.5 Å². The number of carbonyl (C=O) groups is 2. The molecular formula is C11H23N3O3. The smallest absolute Gasteiger partial charge is 0.312 e. The molecule has 17 heavy (non-hydrogen) atoms. The second-order valence-electron chi connectivity index (χ2n) is 5.39. The Morgan fingerprint density at radius 1 is 1.35 bits per heavy atom. The van der Waals surface area contributed by atoms with Gasteiger partial charge in [0.05, 0.1) is 6.10 Å². The number of hydrogen-bond donors (Lipinski definition) is 4. The fourth-order valence-electron chi connectivity index (χ4n) is 1.43. The summed E-state index contributed by atoms with van der Waals surface area (Å²) in [5.41, 5.74) is 4.89. The van der Waals surface area contributed by atoms with E-state index in [0.29, 0.717) is 6.42 Å². The molecule has 0 aromatic carbocycles. The number of hydrogen-bond acceptors (Lipinski definition) is 3. The third-order valence-corrected chi connectivity index (χ3v) is 2.11. The van der Waals surface area contributed by atoms with Gasteiger partial charge >= 0.3 is 6.03 Å². The van der Waals surface area contributed by atoms with Gasteiger partial charge in [0.1, 0.15) is 6.04 Å². The Hall–Kier alpha value is -1.30. The van der Waals surface area contributed by atoms with E-state index in [1.807, 2.05) is 20.8 Å². The normalized spacial score (nSPS) is 14.9. The van der Waals surface area contributed by atoms with Crippen LogP contribution in [0.5, 0.6) is 0 Å². The molecule has 6 heteroatoms. The Kier molecular flexibility index (Phi) is 5.95. The summed E-state index contributed by atoms with van der Waals surface area (Å²) in [7, 11) is 0. The highest BCUT2D eigenvalue weighted by atomic mass is 16.3. The van der Waals surface area contributed by atoms with Crippen molar-refractivity contribution in [2.24, 2.45) is 11.1 Å². The quantitative estimate of drug-likeness (QED) is 0.546. The molecule has 0 aromatic rings. The molecule has 0 aliphatic carbocycles. The number of amides is 3. The molecular weight excluding hydrogens is 222 g/mol. The Bertz CT molecular complexity index is 274. The summed E-state index contributed by atoms with van der Waals surface area (Å²) in [6.07, 6.45) is -0.00927. The number of urea groups is 1. The summed E-state index contributed by atoms with van der Waals surface area (Å²) in [5.74, 6) is -0.364. The van der Waals surface area contributed by atoms with E-state index in [1.165, 1.54) is 6.92 Å². The lowest BCUT2D eigenvalue weighted by Gasteiger charge is -2.23. The molecule has 0 saturated heterocycles. The lowest BCUT2D eigenvalue weighted by molar-refractivity contribution is -0.123. The summed E-state index contributed by atoms with van der Waals surface area (Å²) in [6, 6.07) is -1.45. The first-order valence-corrected chi connectivity index (χ1v) is 5.63. The maximum atomic E-state index is 11.5. The molecule has 0 rings (SSSR count). The van der Waals surface area contributed by atoms with Crippen LogP contribution in [-0.4, -0.2) is 35.7 Å². The average molecular weight is 245 g/mol. The van der Waals surface area contributed by atoms with E-state index >= 15 is 0 Å². The fourth-order valence-corrected chi connectivity index (χ4v) is 1.43. The highest BCUT2D eigenvalue weighted by Gasteiger charge is 2.19. The van der Waals surface area contributed by atoms with Gasteiger partial charge in [-0.25, -0.2) is 4.79 Å². The number of nitrogens with two attached hydrogens (primary N) is 1. The second kappa shape index (κ2) is 6.44. The Balaban J connectivity index is 3.95. The predicted octanol–water partition coefficient (Wildman–Crippen LogP) is -0.0435. The Morgan fingerprint density at radius 2 is 1.88 bits per heavy atom. The third kappa shape index (κ3) is 8.50. The molecule has 0 bridgehead atoms. The molecule has 6 nitrogen and oxygen atoms in total. The van der Waals surface area contributed by atoms with Crippen molar-refractivity contribution >= 4 is 11.9 Å². The van der Waals surface area contributed by atoms with Gasteiger partial charge in [0.2, 0.25) is 5.91 Å². The van der Waals surface area contributed by atoms with E-state index in [0.717, 1.165) is 0 Å². The SMILES string of the molecule is CC(NC(N)=O)C(=O)NCC(O)CC(C)(C)C. The average Bonchev–Trinajstić information content (AvgIpc) is 2.10. The first-order chi connectivity index (χ1) is 7.61. The minimum atomic E-state index is -0.747. The molecule has 0 saturated carbocycles. The molecule has 0 spiro atoms. The number of primary amides is 1. The van der Waals surface area contributed by atoms with E-state index in [2.05, 4.69) is 10.6 Å². The van der Waals surface area contributed by atoms with Crippen molar-refractivity contribution in [2.45, 2.75) is 46.3 Å². The van der Waals surface area contributed by atoms with Gasteiger partial charge in [-0.3, -0.25) is 4.79 Å². The minimum Gasteiger partial charge on any atom is -0.391 e. The third-order valence-electron chi connectivity index (χ3n) is 2.11. The summed E-state index contributed by atoms with van der Waals surface area (Å²) in [5, 5.41) is 14.5. The van der Waals surface area contributed by atoms with Gasteiger partial charge in [0.25, 0.3) is 0 Å². The van der Waals surface area contributed by atoms with Crippen LogP contribution in [0.4, 0.5) is 4.79 Å². The van der Waals surface area contributed by atoms with Crippen LogP contribution >= 0.6 is 0 Å². The van der Waals surface area contributed by atoms with Crippen molar-refractivity contribution in [1.29, 1.82) is 0 Å². The monoisotopic (exact) mass is 245 g/mol. The van der Waals surface area contributed by atoms with Crippen LogP contribution in [0.3, 0.4) is 0 Å². The van der Waals surface area contributed by atoms with Gasteiger partial charge in [-0.1, -0.05) is 20.8 Å². The second-order valence-corrected chi connectivity index (χ2v) is 5.39. The van der Waals surface area contributed by atoms with Crippen molar-refractivity contribution in [3.63, 3.8) is 0 Å². The lowest BCUT2D eigenvalue weighted by Crippen LogP contribution is -2.48. The van der Waals surface area contributed by atoms with E-state index in [1.54, 1.807) is 0 Å². The molecule has 0 aliphatic heterocycles. The molecule has 0 fully saturated rings. The molecule has 0 aromatic heterocycles. The number of nitrogens with one attached hydrogen (secondary N) is 2. The van der Waals surface area contributed by atoms with E-state index < -0.39 is 18.2 Å². The summed E-state index contributed by atoms with van der Waals surface area (Å²) in [6.45, 7) is 7.72. The fraction of sp³-hybridized carbons (Fsp3) is 0.818. The largest absolute Gasteiger partial charge is 0.391 e. The zero-order valence-corrected chi connectivity index (χ0v) is 10.9. The first-order valence-electron chi connectivity index (χ1n) is 5.63. The van der Waals surface area contributed by atoms with Crippen molar-refractivity contribution < 1.29 is 14.7 Å². The molecule has 0 aliphatic rings. The maximum absolute atomic E-state index is 11.5. The van der Waals surface area contributed by atoms with Gasteiger partial charge in [-0.2, -0.15) is 0 Å². The lowest BCUT2D eigenvalue weighted by atomic mass is 9.89. The number of carbonyl (C=O) groups excluding carboxylic acids is 2. The molecule has 2 atom stereocenters. The number of aliphatic hydroxyl groups is 1.